The number of hydrogen-bond acceptors (Lipinski definition) is 2. The lowest BCUT2D eigenvalue weighted by Gasteiger charge is -2.41. The Labute approximate surface area is 164 Å². The molecule has 152 valence electrons. The summed E-state index contributed by atoms with van der Waals surface area (Å²) in [6, 6.07) is 9.30. The van der Waals surface area contributed by atoms with Crippen molar-refractivity contribution in [2.75, 3.05) is 0 Å². The first-order valence-corrected chi connectivity index (χ1v) is 11.0. The highest BCUT2D eigenvalue weighted by molar-refractivity contribution is 7.90. The third-order valence-corrected chi connectivity index (χ3v) is 7.17. The van der Waals surface area contributed by atoms with E-state index < -0.39 is 27.0 Å². The van der Waals surface area contributed by atoms with Gasteiger partial charge in [0.2, 0.25) is 0 Å². The minimum absolute atomic E-state index is 0.135. The van der Waals surface area contributed by atoms with Crippen molar-refractivity contribution in [1.29, 1.82) is 0 Å². The molecule has 1 aliphatic rings. The predicted octanol–water partition coefficient (Wildman–Crippen LogP) is 5.99. The Morgan fingerprint density at radius 3 is 2.30 bits per heavy atom. The molecular weight excluding hydrogens is 399 g/mol. The highest BCUT2D eigenvalue weighted by atomic mass is 35.5. The van der Waals surface area contributed by atoms with Crippen LogP contribution < -0.4 is 0 Å². The highest BCUT2D eigenvalue weighted by Gasteiger charge is 2.54. The Bertz CT molecular complexity index is 750. The fourth-order valence-electron chi connectivity index (χ4n) is 3.38. The quantitative estimate of drug-likeness (QED) is 0.307. The van der Waals surface area contributed by atoms with Crippen molar-refractivity contribution >= 4 is 21.6 Å². The van der Waals surface area contributed by atoms with E-state index >= 15 is 0 Å². The van der Waals surface area contributed by atoms with Gasteiger partial charge in [-0.15, -0.1) is 0 Å². The zero-order chi connectivity index (χ0) is 20.2. The molecule has 8 heteroatoms. The first-order chi connectivity index (χ1) is 12.6. The van der Waals surface area contributed by atoms with Gasteiger partial charge >= 0.3 is 15.5 Å². The molecule has 0 bridgehead atoms. The molecule has 0 saturated heterocycles. The minimum Gasteiger partial charge on any atom is -0.249 e. The molecule has 0 fully saturated rings. The number of allylic oxidation sites excluding steroid dienone is 2. The number of halogens is 4. The van der Waals surface area contributed by atoms with Crippen LogP contribution in [0.4, 0.5) is 13.2 Å². The van der Waals surface area contributed by atoms with Crippen LogP contribution in [0, 0.1) is 5.92 Å². The van der Waals surface area contributed by atoms with Gasteiger partial charge in [0.1, 0.15) is 5.50 Å². The average Bonchev–Trinajstić information content (AvgIpc) is 2.61. The SMILES string of the molecule is CCCCCCC1=C[C@@H](c2ccccc2)[C@H](C)[C@H](Cl)N1S(=O)(=O)C(F)(F)F. The molecule has 27 heavy (non-hydrogen) atoms. The molecule has 1 aliphatic heterocycles. The lowest BCUT2D eigenvalue weighted by Crippen LogP contribution is -2.49. The third kappa shape index (κ3) is 4.80. The van der Waals surface area contributed by atoms with Gasteiger partial charge in [-0.1, -0.05) is 81.1 Å². The Hall–Kier alpha value is -1.21. The molecule has 3 atom stereocenters. The van der Waals surface area contributed by atoms with E-state index in [1.807, 2.05) is 37.3 Å². The molecule has 2 rings (SSSR count). The monoisotopic (exact) mass is 423 g/mol. The first kappa shape index (κ1) is 22.1. The summed E-state index contributed by atoms with van der Waals surface area (Å²) in [7, 11) is -5.55. The van der Waals surface area contributed by atoms with Crippen LogP contribution in [-0.2, 0) is 10.0 Å². The van der Waals surface area contributed by atoms with E-state index in [0.29, 0.717) is 10.7 Å². The van der Waals surface area contributed by atoms with Crippen molar-refractivity contribution in [3.63, 3.8) is 0 Å². The molecule has 0 saturated carbocycles. The summed E-state index contributed by atoms with van der Waals surface area (Å²) in [5, 5.41) is 0. The maximum absolute atomic E-state index is 13.2. The number of rotatable bonds is 7. The standard InChI is InChI=1S/C19H25ClF3NO2S/c1-3-4-5-9-12-16-13-17(15-10-7-6-8-11-15)14(2)18(20)24(16)27(25,26)19(21,22)23/h6-8,10-11,13-14,17-18H,3-5,9,12H2,1-2H3/t14-,17+,18+/m0/s1. The van der Waals surface area contributed by atoms with Gasteiger partial charge in [0.15, 0.2) is 0 Å². The summed E-state index contributed by atoms with van der Waals surface area (Å²) in [5.41, 5.74) is -5.64. The smallest absolute Gasteiger partial charge is 0.249 e. The van der Waals surface area contributed by atoms with Crippen molar-refractivity contribution < 1.29 is 21.6 Å². The molecular formula is C19H25ClF3NO2S. The molecule has 1 aromatic rings. The van der Waals surface area contributed by atoms with Crippen molar-refractivity contribution in [2.24, 2.45) is 5.92 Å². The van der Waals surface area contributed by atoms with E-state index in [1.165, 1.54) is 0 Å². The second kappa shape index (κ2) is 8.86. The van der Waals surface area contributed by atoms with Crippen LogP contribution in [0.3, 0.4) is 0 Å². The number of unbranched alkanes of at least 4 members (excludes halogenated alkanes) is 3. The van der Waals surface area contributed by atoms with Crippen LogP contribution in [0.2, 0.25) is 0 Å². The van der Waals surface area contributed by atoms with Crippen LogP contribution in [-0.4, -0.2) is 23.7 Å². The zero-order valence-electron chi connectivity index (χ0n) is 15.4. The largest absolute Gasteiger partial charge is 0.516 e. The lowest BCUT2D eigenvalue weighted by molar-refractivity contribution is -0.0490. The molecule has 3 nitrogen and oxygen atoms in total. The second-order valence-corrected chi connectivity index (χ2v) is 9.14. The van der Waals surface area contributed by atoms with Crippen LogP contribution in [0.15, 0.2) is 42.1 Å². The van der Waals surface area contributed by atoms with E-state index in [1.54, 1.807) is 13.0 Å². The van der Waals surface area contributed by atoms with E-state index in [4.69, 9.17) is 11.6 Å². The van der Waals surface area contributed by atoms with Gasteiger partial charge < -0.3 is 0 Å². The molecule has 1 heterocycles. The zero-order valence-corrected chi connectivity index (χ0v) is 17.0. The van der Waals surface area contributed by atoms with Gasteiger partial charge in [-0.05, 0) is 18.4 Å². The number of sulfonamides is 1. The Morgan fingerprint density at radius 1 is 1.11 bits per heavy atom. The fraction of sp³-hybridized carbons (Fsp3) is 0.579. The van der Waals surface area contributed by atoms with Gasteiger partial charge in [0.05, 0.1) is 0 Å². The van der Waals surface area contributed by atoms with Crippen LogP contribution in [0.1, 0.15) is 57.4 Å². The number of nitrogens with zero attached hydrogens (tertiary/aromatic N) is 1. The number of alkyl halides is 4. The van der Waals surface area contributed by atoms with Crippen molar-refractivity contribution in [2.45, 2.75) is 62.9 Å². The molecule has 0 unspecified atom stereocenters. The summed E-state index contributed by atoms with van der Waals surface area (Å²) in [4.78, 5) is 0. The van der Waals surface area contributed by atoms with E-state index in [9.17, 15) is 21.6 Å². The maximum atomic E-state index is 13.2. The van der Waals surface area contributed by atoms with E-state index in [0.717, 1.165) is 24.8 Å². The topological polar surface area (TPSA) is 37.4 Å². The van der Waals surface area contributed by atoms with Gasteiger partial charge in [-0.25, -0.2) is 4.31 Å². The number of hydrogen-bond donors (Lipinski definition) is 0. The minimum atomic E-state index is -5.55. The Morgan fingerprint density at radius 2 is 1.74 bits per heavy atom. The summed E-state index contributed by atoms with van der Waals surface area (Å²) in [6.45, 7) is 3.71. The molecule has 0 aliphatic carbocycles. The van der Waals surface area contributed by atoms with Crippen LogP contribution >= 0.6 is 11.6 Å². The Balaban J connectivity index is 2.45. The lowest BCUT2D eigenvalue weighted by atomic mass is 9.83. The summed E-state index contributed by atoms with van der Waals surface area (Å²) in [6.07, 6.45) is 5.26. The molecule has 0 aromatic heterocycles. The van der Waals surface area contributed by atoms with E-state index in [2.05, 4.69) is 0 Å². The third-order valence-electron chi connectivity index (χ3n) is 4.90. The molecule has 0 amide bonds. The normalized spacial score (nSPS) is 24.0. The van der Waals surface area contributed by atoms with Crippen LogP contribution in [0.5, 0.6) is 0 Å². The van der Waals surface area contributed by atoms with Gasteiger partial charge in [0.25, 0.3) is 0 Å². The summed E-state index contributed by atoms with van der Waals surface area (Å²) in [5.74, 6) is -0.750. The Kier molecular flexibility index (Phi) is 7.25. The summed E-state index contributed by atoms with van der Waals surface area (Å²) < 4.78 is 64.5. The number of benzene rings is 1. The fourth-order valence-corrected chi connectivity index (χ4v) is 5.11. The maximum Gasteiger partial charge on any atom is 0.516 e. The summed E-state index contributed by atoms with van der Waals surface area (Å²) >= 11 is 6.31. The van der Waals surface area contributed by atoms with Crippen LogP contribution in [0.25, 0.3) is 0 Å². The molecule has 0 radical (unpaired) electrons. The molecule has 1 aromatic carbocycles. The molecule has 0 spiro atoms. The van der Waals surface area contributed by atoms with Gasteiger partial charge in [-0.2, -0.15) is 21.6 Å². The predicted molar refractivity (Wildman–Crippen MR) is 102 cm³/mol. The second-order valence-electron chi connectivity index (χ2n) is 6.88. The average molecular weight is 424 g/mol. The van der Waals surface area contributed by atoms with E-state index in [-0.39, 0.29) is 18.0 Å². The van der Waals surface area contributed by atoms with Gasteiger partial charge in [-0.3, -0.25) is 0 Å². The first-order valence-electron chi connectivity index (χ1n) is 9.11. The molecule has 0 N–H and O–H groups in total. The van der Waals surface area contributed by atoms with Crippen molar-refractivity contribution in [3.8, 4) is 0 Å². The van der Waals surface area contributed by atoms with Crippen molar-refractivity contribution in [3.05, 3.63) is 47.7 Å². The highest BCUT2D eigenvalue weighted by Crippen LogP contribution is 2.44. The van der Waals surface area contributed by atoms with Gasteiger partial charge in [0, 0.05) is 17.5 Å². The van der Waals surface area contributed by atoms with Crippen molar-refractivity contribution in [1.82, 2.24) is 4.31 Å².